The summed E-state index contributed by atoms with van der Waals surface area (Å²) in [6.45, 7) is 16.3. The summed E-state index contributed by atoms with van der Waals surface area (Å²) in [6, 6.07) is 19.7. The molecule has 33 heavy (non-hydrogen) atoms. The van der Waals surface area contributed by atoms with Crippen LogP contribution in [0.25, 0.3) is 0 Å². The lowest BCUT2D eigenvalue weighted by atomic mass is 10.2. The molecule has 2 aromatic carbocycles. The molecule has 0 radical (unpaired) electrons. The average molecular weight is 485 g/mol. The van der Waals surface area contributed by atoms with E-state index >= 15 is 0 Å². The third-order valence-electron chi connectivity index (χ3n) is 6.60. The van der Waals surface area contributed by atoms with Crippen LogP contribution in [0, 0.1) is 11.5 Å². The molecule has 0 unspecified atom stereocenters. The predicted octanol–water partition coefficient (Wildman–Crippen LogP) is 8.61. The van der Waals surface area contributed by atoms with Crippen molar-refractivity contribution in [3.05, 3.63) is 71.8 Å². The fourth-order valence-electron chi connectivity index (χ4n) is 4.74. The summed E-state index contributed by atoms with van der Waals surface area (Å²) < 4.78 is 26.4. The molecule has 2 aromatic rings. The molecule has 3 nitrogen and oxygen atoms in total. The Bertz CT molecular complexity index is 876. The van der Waals surface area contributed by atoms with E-state index in [1.165, 1.54) is 0 Å². The molecule has 0 aliphatic rings. The molecule has 0 N–H and O–H groups in total. The minimum atomic E-state index is -3.49. The third kappa shape index (κ3) is 7.17. The zero-order valence-corrected chi connectivity index (χ0v) is 23.3. The molecule has 0 heterocycles. The Kier molecular flexibility index (Phi) is 10.6. The highest BCUT2D eigenvalue weighted by molar-refractivity contribution is 7.55. The Morgan fingerprint density at radius 1 is 0.758 bits per heavy atom. The zero-order chi connectivity index (χ0) is 24.5. The average Bonchev–Trinajstić information content (AvgIpc) is 2.80. The van der Waals surface area contributed by atoms with Gasteiger partial charge in [0, 0.05) is 0 Å². The van der Waals surface area contributed by atoms with Gasteiger partial charge in [-0.15, -0.1) is 5.54 Å². The van der Waals surface area contributed by atoms with Gasteiger partial charge in [-0.05, 0) is 34.2 Å². The van der Waals surface area contributed by atoms with Gasteiger partial charge in [0.15, 0.2) is 0 Å². The largest absolute Gasteiger partial charge is 0.346 e. The molecule has 180 valence electrons. The van der Waals surface area contributed by atoms with E-state index in [9.17, 15) is 4.57 Å². The highest BCUT2D eigenvalue weighted by atomic mass is 31.2. The van der Waals surface area contributed by atoms with Crippen LogP contribution in [0.5, 0.6) is 0 Å². The molecule has 0 aliphatic carbocycles. The van der Waals surface area contributed by atoms with Gasteiger partial charge in [0.1, 0.15) is 13.7 Å². The molecule has 1 atom stereocenters. The van der Waals surface area contributed by atoms with Crippen LogP contribution >= 0.6 is 7.60 Å². The summed E-state index contributed by atoms with van der Waals surface area (Å²) in [5.41, 5.74) is 6.77. The van der Waals surface area contributed by atoms with Crippen molar-refractivity contribution in [2.45, 2.75) is 90.4 Å². The smallest absolute Gasteiger partial charge is 0.303 e. The molecule has 0 aliphatic heterocycles. The van der Waals surface area contributed by atoms with Gasteiger partial charge in [-0.25, -0.2) is 0 Å². The summed E-state index contributed by atoms with van der Waals surface area (Å²) in [5.74, 6) is 3.47. The van der Waals surface area contributed by atoms with Crippen molar-refractivity contribution in [2.75, 3.05) is 0 Å². The Balaban J connectivity index is 2.39. The summed E-state index contributed by atoms with van der Waals surface area (Å²) in [5, 5.41) is 0. The second-order valence-corrected chi connectivity index (χ2v) is 17.4. The second kappa shape index (κ2) is 12.7. The maximum absolute atomic E-state index is 14.2. The van der Waals surface area contributed by atoms with Crippen LogP contribution in [-0.2, 0) is 26.8 Å². The Hall–Kier alpha value is -1.63. The minimum Gasteiger partial charge on any atom is -0.303 e. The Morgan fingerprint density at radius 2 is 1.15 bits per heavy atom. The van der Waals surface area contributed by atoms with Crippen LogP contribution in [-0.4, -0.2) is 13.7 Å². The number of rotatable bonds is 11. The lowest BCUT2D eigenvalue weighted by Crippen LogP contribution is -2.43. The van der Waals surface area contributed by atoms with Crippen molar-refractivity contribution in [3.63, 3.8) is 0 Å². The standard InChI is InChI=1S/C28H41O3PSi/c1-8-28(19-20-33(23(2)3,24(4)5)25(6)7)32(29,30-21-26-15-11-9-12-16-26)31-22-27-17-13-10-14-18-27/h9-18,23-25,28H,8,21-22H2,1-7H3/t28-/m1/s1. The number of hydrogen-bond donors (Lipinski definition) is 0. The normalized spacial score (nSPS) is 13.3. The summed E-state index contributed by atoms with van der Waals surface area (Å²) >= 11 is 0. The Labute approximate surface area is 202 Å². The summed E-state index contributed by atoms with van der Waals surface area (Å²) in [4.78, 5) is 0. The quantitative estimate of drug-likeness (QED) is 0.182. The van der Waals surface area contributed by atoms with Crippen LogP contribution in [0.4, 0.5) is 0 Å². The van der Waals surface area contributed by atoms with Gasteiger partial charge in [0.25, 0.3) is 0 Å². The highest BCUT2D eigenvalue weighted by Gasteiger charge is 2.42. The van der Waals surface area contributed by atoms with Crippen molar-refractivity contribution in [2.24, 2.45) is 0 Å². The van der Waals surface area contributed by atoms with Crippen molar-refractivity contribution < 1.29 is 13.6 Å². The minimum absolute atomic E-state index is 0.242. The fraction of sp³-hybridized carbons (Fsp3) is 0.500. The number of benzene rings is 2. The molecular weight excluding hydrogens is 443 g/mol. The second-order valence-electron chi connectivity index (χ2n) is 9.65. The van der Waals surface area contributed by atoms with Crippen molar-refractivity contribution >= 4 is 15.7 Å². The topological polar surface area (TPSA) is 35.5 Å². The first-order valence-electron chi connectivity index (χ1n) is 12.1. The zero-order valence-electron chi connectivity index (χ0n) is 21.4. The van der Waals surface area contributed by atoms with E-state index < -0.39 is 21.3 Å². The van der Waals surface area contributed by atoms with Crippen molar-refractivity contribution in [1.82, 2.24) is 0 Å². The lowest BCUT2D eigenvalue weighted by molar-refractivity contribution is 0.187. The monoisotopic (exact) mass is 484 g/mol. The molecule has 0 aromatic heterocycles. The van der Waals surface area contributed by atoms with E-state index in [0.29, 0.717) is 23.0 Å². The maximum atomic E-state index is 14.2. The van der Waals surface area contributed by atoms with Crippen LogP contribution < -0.4 is 0 Å². The molecule has 0 saturated carbocycles. The molecular formula is C28H41O3PSi. The van der Waals surface area contributed by atoms with E-state index in [-0.39, 0.29) is 13.2 Å². The first-order chi connectivity index (χ1) is 15.7. The molecule has 2 rings (SSSR count). The van der Waals surface area contributed by atoms with Gasteiger partial charge in [-0.2, -0.15) is 0 Å². The lowest BCUT2D eigenvalue weighted by Gasteiger charge is -2.38. The first kappa shape index (κ1) is 27.6. The van der Waals surface area contributed by atoms with E-state index in [1.54, 1.807) is 0 Å². The van der Waals surface area contributed by atoms with E-state index in [2.05, 4.69) is 53.0 Å². The van der Waals surface area contributed by atoms with Gasteiger partial charge in [0.2, 0.25) is 0 Å². The maximum Gasteiger partial charge on any atom is 0.346 e. The van der Waals surface area contributed by atoms with E-state index in [4.69, 9.17) is 9.05 Å². The SMILES string of the molecule is CC[C@H](C#C[Si](C(C)C)(C(C)C)C(C)C)P(=O)(OCc1ccccc1)OCc1ccccc1. The van der Waals surface area contributed by atoms with Gasteiger partial charge in [-0.3, -0.25) is 4.57 Å². The van der Waals surface area contributed by atoms with E-state index in [1.807, 2.05) is 67.6 Å². The van der Waals surface area contributed by atoms with Crippen LogP contribution in [0.3, 0.4) is 0 Å². The van der Waals surface area contributed by atoms with Crippen LogP contribution in [0.1, 0.15) is 66.0 Å². The van der Waals surface area contributed by atoms with Crippen LogP contribution in [0.2, 0.25) is 16.6 Å². The van der Waals surface area contributed by atoms with Crippen molar-refractivity contribution in [3.8, 4) is 11.5 Å². The third-order valence-corrected chi connectivity index (χ3v) is 15.1. The van der Waals surface area contributed by atoms with Gasteiger partial charge in [-0.1, -0.05) is 115 Å². The molecule has 0 spiro atoms. The van der Waals surface area contributed by atoms with Crippen molar-refractivity contribution in [1.29, 1.82) is 0 Å². The van der Waals surface area contributed by atoms with Gasteiger partial charge < -0.3 is 9.05 Å². The molecule has 0 fully saturated rings. The Morgan fingerprint density at radius 3 is 1.48 bits per heavy atom. The summed E-state index contributed by atoms with van der Waals surface area (Å²) in [6.07, 6.45) is 0.618. The predicted molar refractivity (Wildman–Crippen MR) is 143 cm³/mol. The van der Waals surface area contributed by atoms with Gasteiger partial charge in [0.05, 0.1) is 13.2 Å². The summed E-state index contributed by atoms with van der Waals surface area (Å²) in [7, 11) is -5.44. The van der Waals surface area contributed by atoms with E-state index in [0.717, 1.165) is 11.1 Å². The molecule has 5 heteroatoms. The molecule has 0 bridgehead atoms. The fourth-order valence-corrected chi connectivity index (χ4v) is 11.9. The van der Waals surface area contributed by atoms with Crippen LogP contribution in [0.15, 0.2) is 60.7 Å². The molecule has 0 saturated heterocycles. The first-order valence-corrected chi connectivity index (χ1v) is 16.0. The molecule has 0 amide bonds. The number of hydrogen-bond acceptors (Lipinski definition) is 3. The van der Waals surface area contributed by atoms with Gasteiger partial charge >= 0.3 is 7.60 Å². The highest BCUT2D eigenvalue weighted by Crippen LogP contribution is 2.55.